The molecule has 30 heavy (non-hydrogen) atoms. The number of benzene rings is 2. The number of nitrogens with zero attached hydrogens (tertiary/aromatic N) is 4. The third-order valence-electron chi connectivity index (χ3n) is 4.55. The molecule has 0 saturated heterocycles. The van der Waals surface area contributed by atoms with E-state index in [1.807, 2.05) is 30.3 Å². The zero-order valence-electron chi connectivity index (χ0n) is 16.6. The molecule has 0 N–H and O–H groups in total. The van der Waals surface area contributed by atoms with Crippen LogP contribution in [0.5, 0.6) is 0 Å². The van der Waals surface area contributed by atoms with Crippen molar-refractivity contribution in [2.45, 2.75) is 30.8 Å². The van der Waals surface area contributed by atoms with Crippen LogP contribution in [0.3, 0.4) is 0 Å². The van der Waals surface area contributed by atoms with Gasteiger partial charge < -0.3 is 4.57 Å². The minimum atomic E-state index is 0.671. The van der Waals surface area contributed by atoms with Gasteiger partial charge in [0.05, 0.1) is 5.69 Å². The number of rotatable bonds is 8. The Morgan fingerprint density at radius 3 is 2.77 bits per heavy atom. The van der Waals surface area contributed by atoms with Gasteiger partial charge >= 0.3 is 0 Å². The van der Waals surface area contributed by atoms with Gasteiger partial charge in [-0.05, 0) is 30.7 Å². The molecular formula is C23H21ClN4S2. The molecular weight excluding hydrogens is 432 g/mol. The van der Waals surface area contributed by atoms with E-state index in [1.54, 1.807) is 23.1 Å². The highest BCUT2D eigenvalue weighted by atomic mass is 35.5. The monoisotopic (exact) mass is 452 g/mol. The fourth-order valence-electron chi connectivity index (χ4n) is 3.08. The van der Waals surface area contributed by atoms with E-state index in [2.05, 4.69) is 57.9 Å². The Morgan fingerprint density at radius 1 is 1.17 bits per heavy atom. The highest BCUT2D eigenvalue weighted by Crippen LogP contribution is 2.28. The van der Waals surface area contributed by atoms with Crippen LogP contribution in [-0.2, 0) is 18.7 Å². The van der Waals surface area contributed by atoms with Crippen molar-refractivity contribution in [2.75, 3.05) is 0 Å². The number of halogens is 1. The smallest absolute Gasteiger partial charge is 0.191 e. The molecule has 7 heteroatoms. The van der Waals surface area contributed by atoms with Crippen molar-refractivity contribution in [3.05, 3.63) is 94.2 Å². The number of thiazole rings is 1. The van der Waals surface area contributed by atoms with Gasteiger partial charge in [0, 0.05) is 34.7 Å². The van der Waals surface area contributed by atoms with Crippen molar-refractivity contribution in [3.63, 3.8) is 0 Å². The SMILES string of the molecule is C=CCn1c(Cc2ccc(Cl)cc2)nnc1SCc1csc(-c2cccc(C)c2)n1. The molecule has 0 unspecified atom stereocenters. The molecule has 4 rings (SSSR count). The molecule has 0 fully saturated rings. The van der Waals surface area contributed by atoms with E-state index in [0.717, 1.165) is 43.6 Å². The molecule has 0 bridgehead atoms. The van der Waals surface area contributed by atoms with Crippen LogP contribution >= 0.6 is 34.7 Å². The Labute approximate surface area is 189 Å². The van der Waals surface area contributed by atoms with Gasteiger partial charge in [-0.3, -0.25) is 0 Å². The highest BCUT2D eigenvalue weighted by Gasteiger charge is 2.14. The maximum Gasteiger partial charge on any atom is 0.191 e. The molecule has 2 aromatic heterocycles. The predicted octanol–water partition coefficient (Wildman–Crippen LogP) is 6.43. The number of hydrogen-bond donors (Lipinski definition) is 0. The first-order chi connectivity index (χ1) is 14.6. The first-order valence-corrected chi connectivity index (χ1v) is 11.8. The lowest BCUT2D eigenvalue weighted by atomic mass is 10.1. The summed E-state index contributed by atoms with van der Waals surface area (Å²) in [6.45, 7) is 6.65. The van der Waals surface area contributed by atoms with E-state index >= 15 is 0 Å². The molecule has 2 aromatic carbocycles. The van der Waals surface area contributed by atoms with Crippen LogP contribution in [0.1, 0.15) is 22.6 Å². The molecule has 0 atom stereocenters. The third kappa shape index (κ3) is 5.01. The van der Waals surface area contributed by atoms with E-state index in [1.165, 1.54) is 5.56 Å². The summed E-state index contributed by atoms with van der Waals surface area (Å²) >= 11 is 9.32. The summed E-state index contributed by atoms with van der Waals surface area (Å²) < 4.78 is 2.11. The molecule has 0 radical (unpaired) electrons. The van der Waals surface area contributed by atoms with Crippen LogP contribution in [0.15, 0.2) is 71.7 Å². The molecule has 152 valence electrons. The Morgan fingerprint density at radius 2 is 2.00 bits per heavy atom. The van der Waals surface area contributed by atoms with Crippen molar-refractivity contribution in [1.29, 1.82) is 0 Å². The molecule has 0 amide bonds. The van der Waals surface area contributed by atoms with E-state index in [4.69, 9.17) is 16.6 Å². The van der Waals surface area contributed by atoms with E-state index < -0.39 is 0 Å². The second-order valence-electron chi connectivity index (χ2n) is 6.90. The second-order valence-corrected chi connectivity index (χ2v) is 9.14. The number of aromatic nitrogens is 4. The minimum absolute atomic E-state index is 0.671. The maximum atomic E-state index is 5.99. The molecule has 0 aliphatic heterocycles. The Hall–Kier alpha value is -2.41. The van der Waals surface area contributed by atoms with E-state index in [9.17, 15) is 0 Å². The Kier molecular flexibility index (Phi) is 6.67. The van der Waals surface area contributed by atoms with Crippen molar-refractivity contribution in [1.82, 2.24) is 19.7 Å². The number of hydrogen-bond acceptors (Lipinski definition) is 5. The van der Waals surface area contributed by atoms with Gasteiger partial charge in [-0.1, -0.05) is 65.3 Å². The summed E-state index contributed by atoms with van der Waals surface area (Å²) in [4.78, 5) is 4.80. The summed E-state index contributed by atoms with van der Waals surface area (Å²) in [5, 5.41) is 13.6. The number of allylic oxidation sites excluding steroid dienone is 1. The maximum absolute atomic E-state index is 5.99. The van der Waals surface area contributed by atoms with Crippen molar-refractivity contribution in [3.8, 4) is 10.6 Å². The van der Waals surface area contributed by atoms with Crippen LogP contribution in [0.2, 0.25) is 5.02 Å². The van der Waals surface area contributed by atoms with Gasteiger partial charge in [0.1, 0.15) is 10.8 Å². The average molecular weight is 453 g/mol. The third-order valence-corrected chi connectivity index (χ3v) is 6.74. The van der Waals surface area contributed by atoms with Crippen LogP contribution < -0.4 is 0 Å². The van der Waals surface area contributed by atoms with Crippen molar-refractivity contribution >= 4 is 34.7 Å². The van der Waals surface area contributed by atoms with Gasteiger partial charge in [-0.2, -0.15) is 0 Å². The number of thioether (sulfide) groups is 1. The van der Waals surface area contributed by atoms with E-state index in [-0.39, 0.29) is 0 Å². The molecule has 0 aliphatic rings. The molecule has 0 aliphatic carbocycles. The molecule has 0 saturated carbocycles. The molecule has 2 heterocycles. The Balaban J connectivity index is 1.47. The fourth-order valence-corrected chi connectivity index (χ4v) is 4.98. The first-order valence-electron chi connectivity index (χ1n) is 9.54. The van der Waals surface area contributed by atoms with Crippen LogP contribution in [0.4, 0.5) is 0 Å². The van der Waals surface area contributed by atoms with Gasteiger partial charge in [-0.25, -0.2) is 4.98 Å². The minimum Gasteiger partial charge on any atom is -0.302 e. The lowest BCUT2D eigenvalue weighted by molar-refractivity contribution is 0.690. The number of aryl methyl sites for hydroxylation is 1. The van der Waals surface area contributed by atoms with Crippen molar-refractivity contribution in [2.24, 2.45) is 0 Å². The zero-order valence-corrected chi connectivity index (χ0v) is 19.0. The second kappa shape index (κ2) is 9.60. The predicted molar refractivity (Wildman–Crippen MR) is 126 cm³/mol. The quantitative estimate of drug-likeness (QED) is 0.228. The van der Waals surface area contributed by atoms with Gasteiger partial charge in [0.15, 0.2) is 5.16 Å². The first kappa shape index (κ1) is 20.8. The highest BCUT2D eigenvalue weighted by molar-refractivity contribution is 7.98. The lowest BCUT2D eigenvalue weighted by Crippen LogP contribution is -2.04. The van der Waals surface area contributed by atoms with Gasteiger partial charge in [0.2, 0.25) is 0 Å². The zero-order chi connectivity index (χ0) is 20.9. The van der Waals surface area contributed by atoms with Crippen LogP contribution in [0.25, 0.3) is 10.6 Å². The molecule has 4 aromatic rings. The summed E-state index contributed by atoms with van der Waals surface area (Å²) in [5.74, 6) is 1.66. The average Bonchev–Trinajstić information content (AvgIpc) is 3.36. The molecule has 0 spiro atoms. The van der Waals surface area contributed by atoms with Crippen LogP contribution in [-0.4, -0.2) is 19.7 Å². The summed E-state index contributed by atoms with van der Waals surface area (Å²) in [6.07, 6.45) is 2.57. The van der Waals surface area contributed by atoms with E-state index in [0.29, 0.717) is 13.0 Å². The summed E-state index contributed by atoms with van der Waals surface area (Å²) in [6, 6.07) is 16.3. The Bertz CT molecular complexity index is 1150. The molecule has 4 nitrogen and oxygen atoms in total. The summed E-state index contributed by atoms with van der Waals surface area (Å²) in [7, 11) is 0. The normalized spacial score (nSPS) is 11.0. The van der Waals surface area contributed by atoms with Crippen molar-refractivity contribution < 1.29 is 0 Å². The largest absolute Gasteiger partial charge is 0.302 e. The van der Waals surface area contributed by atoms with Gasteiger partial charge in [-0.15, -0.1) is 28.1 Å². The fraction of sp³-hybridized carbons (Fsp3) is 0.174. The lowest BCUT2D eigenvalue weighted by Gasteiger charge is -2.07. The van der Waals surface area contributed by atoms with Crippen LogP contribution in [0, 0.1) is 6.92 Å². The summed E-state index contributed by atoms with van der Waals surface area (Å²) in [5.41, 5.74) is 4.60. The topological polar surface area (TPSA) is 43.6 Å². The van der Waals surface area contributed by atoms with Gasteiger partial charge in [0.25, 0.3) is 0 Å². The standard InChI is InChI=1S/C23H21ClN4S2/c1-3-11-28-21(13-17-7-9-19(24)10-8-17)26-27-23(28)30-15-20-14-29-22(25-20)18-6-4-5-16(2)12-18/h3-10,12,14H,1,11,13,15H2,2H3.